The van der Waals surface area contributed by atoms with Crippen molar-refractivity contribution in [3.05, 3.63) is 30.3 Å². The fourth-order valence-corrected chi connectivity index (χ4v) is 1.47. The number of aromatic nitrogens is 2. The highest BCUT2D eigenvalue weighted by Gasteiger charge is 2.09. The Balaban J connectivity index is 2.32. The monoisotopic (exact) mass is 236 g/mol. The standard InChI is InChI=1S/C11H13FN4O/c1-16-6-7(5-14-16)15-10-4-11(17-2)8(12)3-9(10)13/h3-6,15H,13H2,1-2H3. The van der Waals surface area contributed by atoms with Gasteiger partial charge in [0.25, 0.3) is 0 Å². The molecule has 0 unspecified atom stereocenters. The summed E-state index contributed by atoms with van der Waals surface area (Å²) >= 11 is 0. The molecule has 0 atom stereocenters. The SMILES string of the molecule is COc1cc(Nc2cnn(C)c2)c(N)cc1F. The number of benzene rings is 1. The molecule has 0 spiro atoms. The summed E-state index contributed by atoms with van der Waals surface area (Å²) in [4.78, 5) is 0. The van der Waals surface area contributed by atoms with Crippen LogP contribution >= 0.6 is 0 Å². The molecule has 0 saturated heterocycles. The van der Waals surface area contributed by atoms with Gasteiger partial charge in [0.05, 0.1) is 30.4 Å². The molecule has 0 bridgehead atoms. The predicted molar refractivity (Wildman–Crippen MR) is 63.9 cm³/mol. The third kappa shape index (κ3) is 2.30. The summed E-state index contributed by atoms with van der Waals surface area (Å²) in [7, 11) is 3.21. The first-order valence-electron chi connectivity index (χ1n) is 4.99. The van der Waals surface area contributed by atoms with Gasteiger partial charge in [-0.15, -0.1) is 0 Å². The lowest BCUT2D eigenvalue weighted by Crippen LogP contribution is -1.98. The van der Waals surface area contributed by atoms with Gasteiger partial charge in [-0.1, -0.05) is 0 Å². The molecule has 17 heavy (non-hydrogen) atoms. The molecular formula is C11H13FN4O. The van der Waals surface area contributed by atoms with Crippen LogP contribution in [0.2, 0.25) is 0 Å². The summed E-state index contributed by atoms with van der Waals surface area (Å²) in [5, 5.41) is 7.05. The maximum absolute atomic E-state index is 13.3. The highest BCUT2D eigenvalue weighted by atomic mass is 19.1. The van der Waals surface area contributed by atoms with E-state index >= 15 is 0 Å². The second-order valence-electron chi connectivity index (χ2n) is 3.60. The summed E-state index contributed by atoms with van der Waals surface area (Å²) in [6, 6.07) is 2.73. The van der Waals surface area contributed by atoms with Gasteiger partial charge in [0.1, 0.15) is 0 Å². The first-order valence-corrected chi connectivity index (χ1v) is 4.99. The lowest BCUT2D eigenvalue weighted by molar-refractivity contribution is 0.387. The molecule has 0 saturated carbocycles. The van der Waals surface area contributed by atoms with Crippen molar-refractivity contribution in [1.82, 2.24) is 9.78 Å². The molecule has 1 heterocycles. The van der Waals surface area contributed by atoms with Crippen LogP contribution in [-0.4, -0.2) is 16.9 Å². The zero-order valence-electron chi connectivity index (χ0n) is 9.57. The average Bonchev–Trinajstić information content (AvgIpc) is 2.68. The van der Waals surface area contributed by atoms with Gasteiger partial charge in [0, 0.05) is 25.4 Å². The Morgan fingerprint density at radius 2 is 2.24 bits per heavy atom. The minimum absolute atomic E-state index is 0.144. The van der Waals surface area contributed by atoms with Gasteiger partial charge in [0.15, 0.2) is 11.6 Å². The van der Waals surface area contributed by atoms with Crippen LogP contribution in [0.5, 0.6) is 5.75 Å². The molecule has 0 aliphatic carbocycles. The zero-order valence-corrected chi connectivity index (χ0v) is 9.57. The highest BCUT2D eigenvalue weighted by molar-refractivity contribution is 5.73. The Bertz CT molecular complexity index is 538. The molecule has 1 aromatic carbocycles. The lowest BCUT2D eigenvalue weighted by Gasteiger charge is -2.10. The maximum atomic E-state index is 13.3. The van der Waals surface area contributed by atoms with Gasteiger partial charge >= 0.3 is 0 Å². The first-order chi connectivity index (χ1) is 8.10. The van der Waals surface area contributed by atoms with Crippen LogP contribution in [0.15, 0.2) is 24.5 Å². The molecule has 0 radical (unpaired) electrons. The van der Waals surface area contributed by atoms with Crippen LogP contribution < -0.4 is 15.8 Å². The van der Waals surface area contributed by atoms with Crippen LogP contribution in [-0.2, 0) is 7.05 Å². The number of hydrogen-bond donors (Lipinski definition) is 2. The molecule has 3 N–H and O–H groups in total. The second kappa shape index (κ2) is 4.32. The van der Waals surface area contributed by atoms with Crippen LogP contribution in [0, 0.1) is 5.82 Å². The molecule has 90 valence electrons. The quantitative estimate of drug-likeness (QED) is 0.799. The van der Waals surface area contributed by atoms with E-state index in [0.29, 0.717) is 11.4 Å². The van der Waals surface area contributed by atoms with E-state index in [-0.39, 0.29) is 5.75 Å². The number of nitrogen functional groups attached to an aromatic ring is 1. The average molecular weight is 236 g/mol. The Hall–Kier alpha value is -2.24. The largest absolute Gasteiger partial charge is 0.494 e. The third-order valence-electron chi connectivity index (χ3n) is 2.31. The van der Waals surface area contributed by atoms with Crippen molar-refractivity contribution in [2.45, 2.75) is 0 Å². The van der Waals surface area contributed by atoms with E-state index in [9.17, 15) is 4.39 Å². The van der Waals surface area contributed by atoms with Crippen molar-refractivity contribution in [3.8, 4) is 5.75 Å². The molecular weight excluding hydrogens is 223 g/mol. The minimum atomic E-state index is -0.485. The summed E-state index contributed by atoms with van der Waals surface area (Å²) < 4.78 is 19.9. The van der Waals surface area contributed by atoms with Crippen molar-refractivity contribution in [3.63, 3.8) is 0 Å². The number of nitrogens with one attached hydrogen (secondary N) is 1. The highest BCUT2D eigenvalue weighted by Crippen LogP contribution is 2.30. The van der Waals surface area contributed by atoms with E-state index in [0.717, 1.165) is 5.69 Å². The molecule has 1 aromatic heterocycles. The van der Waals surface area contributed by atoms with Gasteiger partial charge in [-0.05, 0) is 0 Å². The summed E-state index contributed by atoms with van der Waals surface area (Å²) in [6.45, 7) is 0. The van der Waals surface area contributed by atoms with E-state index in [4.69, 9.17) is 10.5 Å². The van der Waals surface area contributed by atoms with Crippen LogP contribution in [0.3, 0.4) is 0 Å². The third-order valence-corrected chi connectivity index (χ3v) is 2.31. The molecule has 6 heteroatoms. The Kier molecular flexibility index (Phi) is 2.86. The van der Waals surface area contributed by atoms with Crippen LogP contribution in [0.4, 0.5) is 21.5 Å². The van der Waals surface area contributed by atoms with Crippen molar-refractivity contribution in [2.75, 3.05) is 18.2 Å². The fourth-order valence-electron chi connectivity index (χ4n) is 1.47. The molecule has 0 amide bonds. The number of anilines is 3. The topological polar surface area (TPSA) is 65.1 Å². The molecule has 0 fully saturated rings. The number of methoxy groups -OCH3 is 1. The number of halogens is 1. The number of hydrogen-bond acceptors (Lipinski definition) is 4. The summed E-state index contributed by atoms with van der Waals surface area (Å²) in [5.41, 5.74) is 7.38. The predicted octanol–water partition coefficient (Wildman–Crippen LogP) is 1.89. The van der Waals surface area contributed by atoms with E-state index in [1.807, 2.05) is 0 Å². The number of aryl methyl sites for hydroxylation is 1. The van der Waals surface area contributed by atoms with Gasteiger partial charge in [-0.2, -0.15) is 5.10 Å². The number of nitrogens with two attached hydrogens (primary N) is 1. The van der Waals surface area contributed by atoms with Crippen molar-refractivity contribution < 1.29 is 9.13 Å². The van der Waals surface area contributed by atoms with Crippen LogP contribution in [0.25, 0.3) is 0 Å². The molecule has 2 aromatic rings. The van der Waals surface area contributed by atoms with Gasteiger partial charge in [0.2, 0.25) is 0 Å². The van der Waals surface area contributed by atoms with Crippen molar-refractivity contribution in [1.29, 1.82) is 0 Å². The van der Waals surface area contributed by atoms with Crippen molar-refractivity contribution in [2.24, 2.45) is 7.05 Å². The number of rotatable bonds is 3. The van der Waals surface area contributed by atoms with E-state index in [1.54, 1.807) is 24.1 Å². The first kappa shape index (κ1) is 11.3. The van der Waals surface area contributed by atoms with E-state index in [1.165, 1.54) is 19.2 Å². The van der Waals surface area contributed by atoms with Gasteiger partial charge < -0.3 is 15.8 Å². The summed E-state index contributed by atoms with van der Waals surface area (Å²) in [6.07, 6.45) is 3.44. The summed E-state index contributed by atoms with van der Waals surface area (Å²) in [5.74, 6) is -0.340. The Labute approximate surface area is 98.0 Å². The molecule has 0 aliphatic heterocycles. The fraction of sp³-hybridized carbons (Fsp3) is 0.182. The maximum Gasteiger partial charge on any atom is 0.167 e. The molecule has 2 rings (SSSR count). The van der Waals surface area contributed by atoms with Crippen LogP contribution in [0.1, 0.15) is 0 Å². The Morgan fingerprint density at radius 3 is 2.82 bits per heavy atom. The van der Waals surface area contributed by atoms with Gasteiger partial charge in [-0.3, -0.25) is 4.68 Å². The Morgan fingerprint density at radius 1 is 1.47 bits per heavy atom. The number of ether oxygens (including phenoxy) is 1. The van der Waals surface area contributed by atoms with E-state index < -0.39 is 5.82 Å². The zero-order chi connectivity index (χ0) is 12.4. The molecule has 5 nitrogen and oxygen atoms in total. The van der Waals surface area contributed by atoms with Crippen molar-refractivity contribution >= 4 is 17.1 Å². The number of nitrogens with zero attached hydrogens (tertiary/aromatic N) is 2. The lowest BCUT2D eigenvalue weighted by atomic mass is 10.2. The second-order valence-corrected chi connectivity index (χ2v) is 3.60. The minimum Gasteiger partial charge on any atom is -0.494 e. The normalized spacial score (nSPS) is 10.3. The molecule has 0 aliphatic rings. The van der Waals surface area contributed by atoms with Gasteiger partial charge in [-0.25, -0.2) is 4.39 Å². The van der Waals surface area contributed by atoms with E-state index in [2.05, 4.69) is 10.4 Å². The smallest absolute Gasteiger partial charge is 0.167 e.